The van der Waals surface area contributed by atoms with Gasteiger partial charge < -0.3 is 5.73 Å². The predicted octanol–water partition coefficient (Wildman–Crippen LogP) is -0.415. The molecule has 0 aromatic rings. The molecule has 2 N–H and O–H groups in total. The Labute approximate surface area is 63.5 Å². The first-order chi connectivity index (χ1) is 5.27. The molecule has 0 aromatic heterocycles. The van der Waals surface area contributed by atoms with Crippen LogP contribution in [-0.2, 0) is 0 Å². The van der Waals surface area contributed by atoms with Crippen LogP contribution in [0.15, 0.2) is 20.0 Å². The smallest absolute Gasteiger partial charge is 0.168 e. The number of hydrogen-bond donors (Lipinski definition) is 1. The van der Waals surface area contributed by atoms with Crippen molar-refractivity contribution in [1.29, 1.82) is 0 Å². The molecule has 0 saturated carbocycles. The lowest BCUT2D eigenvalue weighted by molar-refractivity contribution is 1.11. The monoisotopic (exact) mass is 149 g/mol. The fourth-order valence-electron chi connectivity index (χ4n) is 1.03. The minimum absolute atomic E-state index is 0.223. The van der Waals surface area contributed by atoms with E-state index in [2.05, 4.69) is 20.0 Å². The van der Waals surface area contributed by atoms with E-state index in [4.69, 9.17) is 5.73 Å². The van der Waals surface area contributed by atoms with Crippen LogP contribution in [0, 0.1) is 0 Å². The van der Waals surface area contributed by atoms with Gasteiger partial charge in [-0.3, -0.25) is 4.99 Å². The van der Waals surface area contributed by atoms with Crippen LogP contribution in [0.2, 0.25) is 0 Å². The lowest BCUT2D eigenvalue weighted by Gasteiger charge is -2.11. The van der Waals surface area contributed by atoms with Crippen LogP contribution in [0.25, 0.3) is 0 Å². The Hall–Kier alpha value is -1.52. The second-order valence-corrected chi connectivity index (χ2v) is 2.35. The van der Waals surface area contributed by atoms with E-state index in [1.165, 1.54) is 6.34 Å². The minimum atomic E-state index is -0.223. The van der Waals surface area contributed by atoms with Crippen LogP contribution >= 0.6 is 0 Å². The SMILES string of the molecule is CC1=NC2=NC=NC2C(N)=N1. The van der Waals surface area contributed by atoms with Gasteiger partial charge in [0.05, 0.1) is 0 Å². The molecule has 0 spiro atoms. The lowest BCUT2D eigenvalue weighted by atomic mass is 10.2. The van der Waals surface area contributed by atoms with Crippen molar-refractivity contribution < 1.29 is 0 Å². The van der Waals surface area contributed by atoms with Crippen molar-refractivity contribution in [3.63, 3.8) is 0 Å². The van der Waals surface area contributed by atoms with Crippen LogP contribution in [0.5, 0.6) is 0 Å². The van der Waals surface area contributed by atoms with Gasteiger partial charge in [-0.25, -0.2) is 15.0 Å². The van der Waals surface area contributed by atoms with Crippen molar-refractivity contribution >= 4 is 23.8 Å². The van der Waals surface area contributed by atoms with Crippen LogP contribution in [0.1, 0.15) is 6.92 Å². The van der Waals surface area contributed by atoms with E-state index in [1.54, 1.807) is 6.92 Å². The van der Waals surface area contributed by atoms with E-state index in [9.17, 15) is 0 Å². The summed E-state index contributed by atoms with van der Waals surface area (Å²) in [4.78, 5) is 16.0. The summed E-state index contributed by atoms with van der Waals surface area (Å²) < 4.78 is 0. The molecule has 1 unspecified atom stereocenters. The fourth-order valence-corrected chi connectivity index (χ4v) is 1.03. The summed E-state index contributed by atoms with van der Waals surface area (Å²) in [7, 11) is 0. The zero-order chi connectivity index (χ0) is 7.84. The molecule has 0 radical (unpaired) electrons. The molecule has 0 aromatic carbocycles. The van der Waals surface area contributed by atoms with Crippen LogP contribution in [0.3, 0.4) is 0 Å². The Morgan fingerprint density at radius 1 is 1.45 bits per heavy atom. The molecule has 2 aliphatic rings. The molecule has 56 valence electrons. The summed E-state index contributed by atoms with van der Waals surface area (Å²) in [6.07, 6.45) is 1.46. The molecule has 0 saturated heterocycles. The molecule has 2 heterocycles. The number of nitrogens with two attached hydrogens (primary N) is 1. The number of fused-ring (bicyclic) bond motifs is 1. The second kappa shape index (κ2) is 1.98. The highest BCUT2D eigenvalue weighted by Crippen LogP contribution is 2.08. The first kappa shape index (κ1) is 6.21. The highest BCUT2D eigenvalue weighted by atomic mass is 15.2. The molecule has 5 nitrogen and oxygen atoms in total. The predicted molar refractivity (Wildman–Crippen MR) is 44.4 cm³/mol. The van der Waals surface area contributed by atoms with E-state index < -0.39 is 0 Å². The average Bonchev–Trinajstić information content (AvgIpc) is 2.34. The molecule has 0 amide bonds. The summed E-state index contributed by atoms with van der Waals surface area (Å²) in [5, 5.41) is 0. The van der Waals surface area contributed by atoms with Crippen molar-refractivity contribution in [3.8, 4) is 0 Å². The van der Waals surface area contributed by atoms with Crippen molar-refractivity contribution in [2.75, 3.05) is 0 Å². The second-order valence-electron chi connectivity index (χ2n) is 2.35. The number of aliphatic imine (C=N–C) groups is 4. The van der Waals surface area contributed by atoms with Crippen molar-refractivity contribution in [2.24, 2.45) is 25.7 Å². The largest absolute Gasteiger partial charge is 0.385 e. The van der Waals surface area contributed by atoms with E-state index >= 15 is 0 Å². The number of amidine groups is 3. The molecular formula is C6H7N5. The molecule has 2 aliphatic heterocycles. The van der Waals surface area contributed by atoms with Gasteiger partial charge >= 0.3 is 0 Å². The summed E-state index contributed by atoms with van der Waals surface area (Å²) in [6, 6.07) is -0.223. The van der Waals surface area contributed by atoms with Gasteiger partial charge in [0.2, 0.25) is 0 Å². The van der Waals surface area contributed by atoms with Crippen LogP contribution in [-0.4, -0.2) is 29.9 Å². The van der Waals surface area contributed by atoms with Gasteiger partial charge in [-0.05, 0) is 6.92 Å². The molecule has 1 atom stereocenters. The Bertz CT molecular complexity index is 309. The molecular weight excluding hydrogens is 142 g/mol. The fraction of sp³-hybridized carbons (Fsp3) is 0.333. The molecule has 11 heavy (non-hydrogen) atoms. The van der Waals surface area contributed by atoms with Crippen molar-refractivity contribution in [3.05, 3.63) is 0 Å². The Kier molecular flexibility index (Phi) is 1.12. The maximum absolute atomic E-state index is 5.58. The average molecular weight is 149 g/mol. The first-order valence-electron chi connectivity index (χ1n) is 3.26. The van der Waals surface area contributed by atoms with Gasteiger partial charge in [0.1, 0.15) is 18.0 Å². The minimum Gasteiger partial charge on any atom is -0.385 e. The third-order valence-electron chi connectivity index (χ3n) is 1.50. The summed E-state index contributed by atoms with van der Waals surface area (Å²) in [6.45, 7) is 1.78. The van der Waals surface area contributed by atoms with Gasteiger partial charge in [-0.1, -0.05) is 0 Å². The normalized spacial score (nSPS) is 27.4. The van der Waals surface area contributed by atoms with E-state index in [0.717, 1.165) is 0 Å². The Morgan fingerprint density at radius 3 is 3.09 bits per heavy atom. The Balaban J connectivity index is 2.45. The van der Waals surface area contributed by atoms with Gasteiger partial charge in [0, 0.05) is 0 Å². The summed E-state index contributed by atoms with van der Waals surface area (Å²) in [5.41, 5.74) is 5.58. The molecule has 2 rings (SSSR count). The zero-order valence-corrected chi connectivity index (χ0v) is 6.02. The Morgan fingerprint density at radius 2 is 2.27 bits per heavy atom. The standard InChI is InChI=1S/C6H7N5/c1-3-10-5(7)4-6(11-3)9-2-8-4/h2,4H,1H3,(H2,7,8,9,10,11). The van der Waals surface area contributed by atoms with Gasteiger partial charge in [0.15, 0.2) is 11.9 Å². The number of rotatable bonds is 0. The third kappa shape index (κ3) is 0.849. The van der Waals surface area contributed by atoms with E-state index in [1.807, 2.05) is 0 Å². The van der Waals surface area contributed by atoms with Crippen molar-refractivity contribution in [2.45, 2.75) is 13.0 Å². The zero-order valence-electron chi connectivity index (χ0n) is 6.02. The summed E-state index contributed by atoms with van der Waals surface area (Å²) >= 11 is 0. The van der Waals surface area contributed by atoms with Crippen LogP contribution in [0.4, 0.5) is 0 Å². The maximum atomic E-state index is 5.58. The quantitative estimate of drug-likeness (QED) is 0.499. The van der Waals surface area contributed by atoms with Gasteiger partial charge in [-0.2, -0.15) is 0 Å². The van der Waals surface area contributed by atoms with Gasteiger partial charge in [0.25, 0.3) is 0 Å². The third-order valence-corrected chi connectivity index (χ3v) is 1.50. The van der Waals surface area contributed by atoms with E-state index in [-0.39, 0.29) is 6.04 Å². The highest BCUT2D eigenvalue weighted by Gasteiger charge is 2.25. The molecule has 0 aliphatic carbocycles. The summed E-state index contributed by atoms with van der Waals surface area (Å²) in [5.74, 6) is 1.77. The maximum Gasteiger partial charge on any atom is 0.168 e. The number of hydrogen-bond acceptors (Lipinski definition) is 5. The lowest BCUT2D eigenvalue weighted by Crippen LogP contribution is -2.35. The van der Waals surface area contributed by atoms with E-state index in [0.29, 0.717) is 17.5 Å². The topological polar surface area (TPSA) is 75.5 Å². The molecule has 0 fully saturated rings. The van der Waals surface area contributed by atoms with Gasteiger partial charge in [-0.15, -0.1) is 0 Å². The molecule has 5 heteroatoms. The van der Waals surface area contributed by atoms with Crippen molar-refractivity contribution in [1.82, 2.24) is 0 Å². The van der Waals surface area contributed by atoms with Crippen LogP contribution < -0.4 is 5.73 Å². The molecule has 0 bridgehead atoms. The first-order valence-corrected chi connectivity index (χ1v) is 3.26. The number of nitrogens with zero attached hydrogens (tertiary/aromatic N) is 4. The highest BCUT2D eigenvalue weighted by molar-refractivity contribution is 6.22.